The van der Waals surface area contributed by atoms with Gasteiger partial charge in [-0.15, -0.1) is 0 Å². The Bertz CT molecular complexity index is 230. The predicted molar refractivity (Wildman–Crippen MR) is 64.5 cm³/mol. The Morgan fingerprint density at radius 1 is 1.50 bits per heavy atom. The van der Waals surface area contributed by atoms with Gasteiger partial charge in [0.15, 0.2) is 0 Å². The molecule has 2 amide bonds. The SMILES string of the molecule is CCN(CC1CCCO1)C(=O)NC(C)(C)C. The molecule has 1 heterocycles. The summed E-state index contributed by atoms with van der Waals surface area (Å²) >= 11 is 0. The molecule has 1 saturated heterocycles. The lowest BCUT2D eigenvalue weighted by Crippen LogP contribution is -2.50. The minimum atomic E-state index is -0.180. The van der Waals surface area contributed by atoms with Gasteiger partial charge in [0.2, 0.25) is 0 Å². The van der Waals surface area contributed by atoms with Crippen LogP contribution in [0.25, 0.3) is 0 Å². The molecule has 0 bridgehead atoms. The number of nitrogens with zero attached hydrogens (tertiary/aromatic N) is 1. The first kappa shape index (κ1) is 13.3. The van der Waals surface area contributed by atoms with Crippen LogP contribution in [0.15, 0.2) is 0 Å². The molecule has 0 aromatic rings. The zero-order valence-corrected chi connectivity index (χ0v) is 10.9. The van der Waals surface area contributed by atoms with E-state index in [0.717, 1.165) is 26.0 Å². The summed E-state index contributed by atoms with van der Waals surface area (Å²) in [6.45, 7) is 10.2. The number of urea groups is 1. The maximum atomic E-state index is 11.9. The van der Waals surface area contributed by atoms with Crippen molar-refractivity contribution in [2.24, 2.45) is 0 Å². The molecule has 0 aromatic carbocycles. The third-order valence-corrected chi connectivity index (χ3v) is 2.60. The van der Waals surface area contributed by atoms with Crippen molar-refractivity contribution in [3.8, 4) is 0 Å². The first-order valence-electron chi connectivity index (χ1n) is 6.11. The second-order valence-corrected chi connectivity index (χ2v) is 5.35. The predicted octanol–water partition coefficient (Wildman–Crippen LogP) is 2.00. The van der Waals surface area contributed by atoms with E-state index in [-0.39, 0.29) is 17.7 Å². The highest BCUT2D eigenvalue weighted by atomic mass is 16.5. The highest BCUT2D eigenvalue weighted by Gasteiger charge is 2.23. The summed E-state index contributed by atoms with van der Waals surface area (Å²) in [6, 6.07) is 0.00509. The third kappa shape index (κ3) is 4.39. The summed E-state index contributed by atoms with van der Waals surface area (Å²) in [5.41, 5.74) is -0.180. The van der Waals surface area contributed by atoms with Gasteiger partial charge in [-0.1, -0.05) is 0 Å². The molecule has 0 radical (unpaired) electrons. The number of hydrogen-bond donors (Lipinski definition) is 1. The first-order valence-corrected chi connectivity index (χ1v) is 6.11. The lowest BCUT2D eigenvalue weighted by molar-refractivity contribution is 0.0814. The Kier molecular flexibility index (Phi) is 4.59. The van der Waals surface area contributed by atoms with Gasteiger partial charge >= 0.3 is 6.03 Å². The van der Waals surface area contributed by atoms with Crippen molar-refractivity contribution >= 4 is 6.03 Å². The van der Waals surface area contributed by atoms with Crippen LogP contribution in [-0.2, 0) is 4.74 Å². The van der Waals surface area contributed by atoms with Crippen LogP contribution in [0.1, 0.15) is 40.5 Å². The highest BCUT2D eigenvalue weighted by Crippen LogP contribution is 2.13. The van der Waals surface area contributed by atoms with Gasteiger partial charge in [-0.05, 0) is 40.5 Å². The van der Waals surface area contributed by atoms with E-state index in [0.29, 0.717) is 6.54 Å². The summed E-state index contributed by atoms with van der Waals surface area (Å²) in [5.74, 6) is 0. The lowest BCUT2D eigenvalue weighted by atomic mass is 10.1. The summed E-state index contributed by atoms with van der Waals surface area (Å²) in [7, 11) is 0. The highest BCUT2D eigenvalue weighted by molar-refractivity contribution is 5.74. The smallest absolute Gasteiger partial charge is 0.317 e. The van der Waals surface area contributed by atoms with Gasteiger partial charge < -0.3 is 15.0 Å². The molecule has 0 aliphatic carbocycles. The maximum Gasteiger partial charge on any atom is 0.317 e. The Hall–Kier alpha value is -0.770. The summed E-state index contributed by atoms with van der Waals surface area (Å²) < 4.78 is 5.54. The van der Waals surface area contributed by atoms with Crippen molar-refractivity contribution in [2.45, 2.75) is 52.2 Å². The van der Waals surface area contributed by atoms with E-state index in [9.17, 15) is 4.79 Å². The zero-order chi connectivity index (χ0) is 12.2. The number of amides is 2. The molecule has 0 aromatic heterocycles. The van der Waals surface area contributed by atoms with Gasteiger partial charge in [-0.3, -0.25) is 0 Å². The molecule has 1 rings (SSSR count). The number of likely N-dealkylation sites (N-methyl/N-ethyl adjacent to an activating group) is 1. The number of rotatable bonds is 3. The second-order valence-electron chi connectivity index (χ2n) is 5.35. The minimum Gasteiger partial charge on any atom is -0.376 e. The molecule has 1 aliphatic heterocycles. The van der Waals surface area contributed by atoms with Crippen LogP contribution in [0.5, 0.6) is 0 Å². The molecule has 4 heteroatoms. The zero-order valence-electron chi connectivity index (χ0n) is 10.9. The van der Waals surface area contributed by atoms with E-state index in [1.807, 2.05) is 32.6 Å². The standard InChI is InChI=1S/C12H24N2O2/c1-5-14(9-10-7-6-8-16-10)11(15)13-12(2,3)4/h10H,5-9H2,1-4H3,(H,13,15). The van der Waals surface area contributed by atoms with Crippen LogP contribution in [0.2, 0.25) is 0 Å². The average Bonchev–Trinajstić information content (AvgIpc) is 2.63. The summed E-state index contributed by atoms with van der Waals surface area (Å²) in [4.78, 5) is 13.8. The van der Waals surface area contributed by atoms with E-state index in [1.165, 1.54) is 0 Å². The van der Waals surface area contributed by atoms with Gasteiger partial charge in [0.25, 0.3) is 0 Å². The fourth-order valence-electron chi connectivity index (χ4n) is 1.79. The van der Waals surface area contributed by atoms with Crippen LogP contribution in [0, 0.1) is 0 Å². The van der Waals surface area contributed by atoms with E-state index in [1.54, 1.807) is 0 Å². The molecule has 16 heavy (non-hydrogen) atoms. The fourth-order valence-corrected chi connectivity index (χ4v) is 1.79. The number of carbonyl (C=O) groups is 1. The summed E-state index contributed by atoms with van der Waals surface area (Å²) in [5, 5.41) is 2.98. The van der Waals surface area contributed by atoms with Crippen LogP contribution < -0.4 is 5.32 Å². The van der Waals surface area contributed by atoms with Crippen LogP contribution >= 0.6 is 0 Å². The van der Waals surface area contributed by atoms with Crippen LogP contribution in [0.4, 0.5) is 4.79 Å². The molecular formula is C12H24N2O2. The topological polar surface area (TPSA) is 41.6 Å². The molecule has 1 N–H and O–H groups in total. The monoisotopic (exact) mass is 228 g/mol. The van der Waals surface area contributed by atoms with E-state index in [2.05, 4.69) is 5.32 Å². The van der Waals surface area contributed by atoms with Gasteiger partial charge in [0.1, 0.15) is 0 Å². The molecule has 0 spiro atoms. The van der Waals surface area contributed by atoms with Gasteiger partial charge in [-0.25, -0.2) is 4.79 Å². The Morgan fingerprint density at radius 2 is 2.19 bits per heavy atom. The van der Waals surface area contributed by atoms with Gasteiger partial charge in [0.05, 0.1) is 6.10 Å². The number of hydrogen-bond acceptors (Lipinski definition) is 2. The number of carbonyl (C=O) groups excluding carboxylic acids is 1. The molecule has 1 aliphatic rings. The Morgan fingerprint density at radius 3 is 2.62 bits per heavy atom. The molecule has 94 valence electrons. The maximum absolute atomic E-state index is 11.9. The molecule has 1 atom stereocenters. The molecule has 4 nitrogen and oxygen atoms in total. The van der Waals surface area contributed by atoms with Crippen molar-refractivity contribution in [3.63, 3.8) is 0 Å². The van der Waals surface area contributed by atoms with Crippen molar-refractivity contribution in [2.75, 3.05) is 19.7 Å². The minimum absolute atomic E-state index is 0.00509. The quantitative estimate of drug-likeness (QED) is 0.802. The molecule has 1 fully saturated rings. The van der Waals surface area contributed by atoms with Gasteiger partial charge in [-0.2, -0.15) is 0 Å². The number of ether oxygens (including phenoxy) is 1. The van der Waals surface area contributed by atoms with Crippen LogP contribution in [0.3, 0.4) is 0 Å². The average molecular weight is 228 g/mol. The van der Waals surface area contributed by atoms with E-state index >= 15 is 0 Å². The number of nitrogens with one attached hydrogen (secondary N) is 1. The lowest BCUT2D eigenvalue weighted by Gasteiger charge is -2.29. The van der Waals surface area contributed by atoms with E-state index in [4.69, 9.17) is 4.74 Å². The van der Waals surface area contributed by atoms with Crippen molar-refractivity contribution in [1.82, 2.24) is 10.2 Å². The normalized spacial score (nSPS) is 20.9. The third-order valence-electron chi connectivity index (χ3n) is 2.60. The van der Waals surface area contributed by atoms with E-state index < -0.39 is 0 Å². The van der Waals surface area contributed by atoms with Crippen molar-refractivity contribution < 1.29 is 9.53 Å². The Labute approximate surface area is 98.3 Å². The fraction of sp³-hybridized carbons (Fsp3) is 0.917. The summed E-state index contributed by atoms with van der Waals surface area (Å²) in [6.07, 6.45) is 2.41. The largest absolute Gasteiger partial charge is 0.376 e. The second kappa shape index (κ2) is 5.53. The molecule has 0 saturated carbocycles. The van der Waals surface area contributed by atoms with Crippen LogP contribution in [-0.4, -0.2) is 42.3 Å². The Balaban J connectivity index is 2.43. The van der Waals surface area contributed by atoms with Crippen molar-refractivity contribution in [1.29, 1.82) is 0 Å². The molecule has 1 unspecified atom stereocenters. The molecular weight excluding hydrogens is 204 g/mol. The first-order chi connectivity index (χ1) is 7.42. The van der Waals surface area contributed by atoms with Crippen molar-refractivity contribution in [3.05, 3.63) is 0 Å². The van der Waals surface area contributed by atoms with Gasteiger partial charge in [0, 0.05) is 25.2 Å².